The van der Waals surface area contributed by atoms with E-state index >= 15 is 0 Å². The number of methoxy groups -OCH3 is 1. The summed E-state index contributed by atoms with van der Waals surface area (Å²) in [6, 6.07) is 10.3. The van der Waals surface area contributed by atoms with E-state index in [4.69, 9.17) is 21.3 Å². The molecule has 0 radical (unpaired) electrons. The normalized spacial score (nSPS) is 16.6. The Morgan fingerprint density at radius 1 is 1.14 bits per heavy atom. The van der Waals surface area contributed by atoms with Crippen LogP contribution in [-0.4, -0.2) is 67.5 Å². The molecule has 1 saturated carbocycles. The Bertz CT molecular complexity index is 1650. The summed E-state index contributed by atoms with van der Waals surface area (Å²) in [6.45, 7) is 0.169. The van der Waals surface area contributed by atoms with Crippen LogP contribution in [0.5, 0.6) is 5.75 Å². The van der Waals surface area contributed by atoms with Gasteiger partial charge in [0.2, 0.25) is 0 Å². The van der Waals surface area contributed by atoms with E-state index in [1.54, 1.807) is 40.9 Å². The SMILES string of the molecule is COc1ccc(F)cc1C(=O)NCc1ccc(-c2nn([C@H]3CCCC[C@@H](N(C)C(=O)n4cncn4)C3)c(N)c2C(N)=O)cc1. The zero-order valence-corrected chi connectivity index (χ0v) is 24.4. The van der Waals surface area contributed by atoms with Crippen LogP contribution in [0.3, 0.4) is 0 Å². The molecule has 2 aromatic carbocycles. The summed E-state index contributed by atoms with van der Waals surface area (Å²) in [5.41, 5.74) is 14.2. The number of carbonyl (C=O) groups excluding carboxylic acids is 3. The lowest BCUT2D eigenvalue weighted by Gasteiger charge is -2.29. The number of hydrogen-bond donors (Lipinski definition) is 3. The number of carbonyl (C=O) groups is 3. The van der Waals surface area contributed by atoms with Crippen LogP contribution >= 0.6 is 0 Å². The van der Waals surface area contributed by atoms with Crippen molar-refractivity contribution in [2.45, 2.75) is 50.7 Å². The van der Waals surface area contributed by atoms with E-state index in [1.807, 2.05) is 0 Å². The highest BCUT2D eigenvalue weighted by molar-refractivity contribution is 6.03. The topological polar surface area (TPSA) is 176 Å². The number of ether oxygens (including phenoxy) is 1. The third-order valence-corrected chi connectivity index (χ3v) is 7.96. The van der Waals surface area contributed by atoms with Crippen molar-refractivity contribution < 1.29 is 23.5 Å². The van der Waals surface area contributed by atoms with Gasteiger partial charge in [-0.25, -0.2) is 18.9 Å². The number of halogens is 1. The first kappa shape index (κ1) is 30.2. The highest BCUT2D eigenvalue weighted by Crippen LogP contribution is 2.35. The second-order valence-corrected chi connectivity index (χ2v) is 10.7. The molecule has 2 heterocycles. The van der Waals surface area contributed by atoms with Gasteiger partial charge in [0, 0.05) is 25.2 Å². The number of primary amides is 1. The highest BCUT2D eigenvalue weighted by Gasteiger charge is 2.31. The zero-order chi connectivity index (χ0) is 31.4. The molecule has 3 amide bonds. The second-order valence-electron chi connectivity index (χ2n) is 10.7. The molecule has 0 bridgehead atoms. The van der Waals surface area contributed by atoms with Crippen LogP contribution in [0.1, 0.15) is 64.4 Å². The fourth-order valence-corrected chi connectivity index (χ4v) is 5.59. The van der Waals surface area contributed by atoms with Gasteiger partial charge < -0.3 is 26.4 Å². The molecule has 1 aliphatic carbocycles. The molecule has 4 aromatic rings. The number of hydrogen-bond acceptors (Lipinski definition) is 8. The Morgan fingerprint density at radius 2 is 1.89 bits per heavy atom. The maximum Gasteiger partial charge on any atom is 0.346 e. The van der Waals surface area contributed by atoms with E-state index in [2.05, 4.69) is 15.4 Å². The largest absolute Gasteiger partial charge is 0.496 e. The van der Waals surface area contributed by atoms with Crippen molar-refractivity contribution in [1.29, 1.82) is 0 Å². The van der Waals surface area contributed by atoms with Gasteiger partial charge in [-0.1, -0.05) is 37.1 Å². The first-order valence-electron chi connectivity index (χ1n) is 14.2. The predicted molar refractivity (Wildman–Crippen MR) is 159 cm³/mol. The molecule has 1 fully saturated rings. The van der Waals surface area contributed by atoms with Crippen molar-refractivity contribution in [3.8, 4) is 17.0 Å². The number of nitrogen functional groups attached to an aromatic ring is 1. The molecule has 0 unspecified atom stereocenters. The molecule has 14 heteroatoms. The molecule has 0 spiro atoms. The molecule has 2 atom stereocenters. The van der Waals surface area contributed by atoms with E-state index in [0.717, 1.165) is 37.3 Å². The molecule has 230 valence electrons. The smallest absolute Gasteiger partial charge is 0.346 e. The van der Waals surface area contributed by atoms with Gasteiger partial charge >= 0.3 is 6.03 Å². The number of anilines is 1. The predicted octanol–water partition coefficient (Wildman–Crippen LogP) is 3.37. The monoisotopic (exact) mass is 603 g/mol. The molecule has 44 heavy (non-hydrogen) atoms. The Balaban J connectivity index is 1.34. The van der Waals surface area contributed by atoms with Gasteiger partial charge in [0.15, 0.2) is 0 Å². The third-order valence-electron chi connectivity index (χ3n) is 7.96. The van der Waals surface area contributed by atoms with E-state index in [0.29, 0.717) is 17.7 Å². The fourth-order valence-electron chi connectivity index (χ4n) is 5.59. The summed E-state index contributed by atoms with van der Waals surface area (Å²) < 4.78 is 21.7. The maximum atomic E-state index is 13.7. The first-order chi connectivity index (χ1) is 21.2. The molecular weight excluding hydrogens is 569 g/mol. The standard InChI is InChI=1S/C30H34FN9O4/c1-38(30(43)39-17-34-16-36-39)21-5-3-4-6-22(14-21)40-27(32)25(28(33)41)26(37-40)19-9-7-18(8-10-19)15-35-29(42)23-13-20(31)11-12-24(23)44-2/h7-13,16-17,21-22H,3-6,14-15,32H2,1-2H3,(H2,33,41)(H,35,42)/t21-,22+/m1/s1. The van der Waals surface area contributed by atoms with E-state index in [-0.39, 0.29) is 47.4 Å². The summed E-state index contributed by atoms with van der Waals surface area (Å²) >= 11 is 0. The van der Waals surface area contributed by atoms with E-state index in [1.165, 1.54) is 36.6 Å². The van der Waals surface area contributed by atoms with Crippen LogP contribution in [0.4, 0.5) is 15.0 Å². The van der Waals surface area contributed by atoms with Gasteiger partial charge in [-0.05, 0) is 43.0 Å². The van der Waals surface area contributed by atoms with Crippen LogP contribution in [0.15, 0.2) is 55.1 Å². The zero-order valence-electron chi connectivity index (χ0n) is 24.4. The minimum Gasteiger partial charge on any atom is -0.496 e. The number of rotatable bonds is 8. The maximum absolute atomic E-state index is 13.7. The Morgan fingerprint density at radius 3 is 2.57 bits per heavy atom. The van der Waals surface area contributed by atoms with Gasteiger partial charge in [-0.2, -0.15) is 14.9 Å². The lowest BCUT2D eigenvalue weighted by molar-refractivity contribution is 0.0946. The Kier molecular flexibility index (Phi) is 8.88. The molecule has 5 N–H and O–H groups in total. The van der Waals surface area contributed by atoms with Gasteiger partial charge in [0.1, 0.15) is 41.3 Å². The van der Waals surface area contributed by atoms with Crippen LogP contribution in [-0.2, 0) is 6.54 Å². The third kappa shape index (κ3) is 6.23. The van der Waals surface area contributed by atoms with E-state index in [9.17, 15) is 18.8 Å². The van der Waals surface area contributed by atoms with Crippen molar-refractivity contribution >= 4 is 23.7 Å². The molecule has 2 aromatic heterocycles. The van der Waals surface area contributed by atoms with Crippen molar-refractivity contribution in [1.82, 2.24) is 34.8 Å². The fraction of sp³-hybridized carbons (Fsp3) is 0.333. The van der Waals surface area contributed by atoms with Gasteiger partial charge in [-0.15, -0.1) is 0 Å². The first-order valence-corrected chi connectivity index (χ1v) is 14.2. The number of nitrogens with two attached hydrogens (primary N) is 2. The summed E-state index contributed by atoms with van der Waals surface area (Å²) in [5.74, 6) is -1.30. The van der Waals surface area contributed by atoms with Crippen LogP contribution < -0.4 is 21.5 Å². The lowest BCUT2D eigenvalue weighted by Crippen LogP contribution is -2.40. The van der Waals surface area contributed by atoms with Gasteiger partial charge in [0.05, 0.1) is 18.7 Å². The number of amides is 3. The lowest BCUT2D eigenvalue weighted by atomic mass is 10.0. The quantitative estimate of drug-likeness (QED) is 0.257. The summed E-state index contributed by atoms with van der Waals surface area (Å²) in [5, 5.41) is 11.5. The van der Waals surface area contributed by atoms with Crippen molar-refractivity contribution in [3.05, 3.63) is 77.6 Å². The Hall–Kier alpha value is -5.27. The number of nitrogens with zero attached hydrogens (tertiary/aromatic N) is 6. The summed E-state index contributed by atoms with van der Waals surface area (Å²) in [7, 11) is 3.15. The molecule has 5 rings (SSSR count). The summed E-state index contributed by atoms with van der Waals surface area (Å²) in [6.07, 6.45) is 6.63. The van der Waals surface area contributed by atoms with Crippen LogP contribution in [0, 0.1) is 5.82 Å². The van der Waals surface area contributed by atoms with Crippen LogP contribution in [0.2, 0.25) is 0 Å². The Labute approximate surface area is 253 Å². The molecule has 0 aliphatic heterocycles. The van der Waals surface area contributed by atoms with Crippen molar-refractivity contribution in [2.24, 2.45) is 5.73 Å². The molecule has 13 nitrogen and oxygen atoms in total. The number of nitrogens with one attached hydrogen (secondary N) is 1. The van der Waals surface area contributed by atoms with Crippen molar-refractivity contribution in [2.75, 3.05) is 19.9 Å². The number of aromatic nitrogens is 5. The highest BCUT2D eigenvalue weighted by atomic mass is 19.1. The van der Waals surface area contributed by atoms with Crippen molar-refractivity contribution in [3.63, 3.8) is 0 Å². The minimum atomic E-state index is -0.701. The van der Waals surface area contributed by atoms with Gasteiger partial charge in [0.25, 0.3) is 11.8 Å². The minimum absolute atomic E-state index is 0.0888. The van der Waals surface area contributed by atoms with E-state index < -0.39 is 17.6 Å². The second kappa shape index (κ2) is 12.9. The van der Waals surface area contributed by atoms with Gasteiger partial charge in [-0.3, -0.25) is 9.59 Å². The summed E-state index contributed by atoms with van der Waals surface area (Å²) in [4.78, 5) is 43.7. The number of benzene rings is 2. The average Bonchev–Trinajstić information content (AvgIpc) is 3.61. The van der Waals surface area contributed by atoms with Crippen LogP contribution in [0.25, 0.3) is 11.3 Å². The molecule has 0 saturated heterocycles. The average molecular weight is 604 g/mol. The molecular formula is C30H34FN9O4. The molecule has 1 aliphatic rings.